The molecule has 0 aliphatic carbocycles. The van der Waals surface area contributed by atoms with E-state index in [0.29, 0.717) is 0 Å². The van der Waals surface area contributed by atoms with Crippen LogP contribution in [0.15, 0.2) is 72.4 Å². The zero-order valence-corrected chi connectivity index (χ0v) is 17.8. The average Bonchev–Trinajstić information content (AvgIpc) is 2.80. The van der Waals surface area contributed by atoms with E-state index >= 15 is 0 Å². The maximum Gasteiger partial charge on any atom is 0.334 e. The number of nitrogens with zero attached hydrogens (tertiary/aromatic N) is 1. The molecule has 0 spiro atoms. The number of carboxylic acid groups (broad SMARTS) is 1. The number of β-lactam (4-membered cyclic amide) rings is 1. The van der Waals surface area contributed by atoms with Gasteiger partial charge in [-0.3, -0.25) is 14.4 Å². The Morgan fingerprint density at radius 3 is 2.09 bits per heavy atom. The molecule has 0 radical (unpaired) electrons. The molecule has 2 N–H and O–H groups in total. The summed E-state index contributed by atoms with van der Waals surface area (Å²) in [6, 6.07) is 17.5. The molecule has 0 aromatic heterocycles. The lowest BCUT2D eigenvalue weighted by atomic mass is 10.0. The van der Waals surface area contributed by atoms with Gasteiger partial charge in [-0.2, -0.15) is 0 Å². The minimum atomic E-state index is -1.32. The molecule has 164 valence electrons. The van der Waals surface area contributed by atoms with Gasteiger partial charge in [0.2, 0.25) is 5.91 Å². The fraction of sp³-hybridized carbons (Fsp3) is 0.217. The van der Waals surface area contributed by atoms with Crippen LogP contribution in [0.5, 0.6) is 0 Å². The standard InChI is InChI=1S/C23H20N2O6S/c1-13(26)24-17-20(27)25-12-16(22(28)29)19(32-21(17)25)23(30)31-18(14-8-4-2-5-9-14)15-10-6-3-7-11-15/h2-12,17-19,21H,1H3,(H,24,26)(H,28,29)/t17?,19?,21-/m1/s1. The van der Waals surface area contributed by atoms with Gasteiger partial charge in [0.05, 0.1) is 5.57 Å². The lowest BCUT2D eigenvalue weighted by Crippen LogP contribution is -2.69. The van der Waals surface area contributed by atoms with Gasteiger partial charge in [0.1, 0.15) is 16.7 Å². The zero-order valence-electron chi connectivity index (χ0n) is 17.0. The number of nitrogens with one attached hydrogen (secondary N) is 1. The fourth-order valence-electron chi connectivity index (χ4n) is 3.66. The van der Waals surface area contributed by atoms with E-state index in [1.807, 2.05) is 60.7 Å². The summed E-state index contributed by atoms with van der Waals surface area (Å²) in [5, 5.41) is 10.5. The van der Waals surface area contributed by atoms with Gasteiger partial charge in [-0.15, -0.1) is 11.8 Å². The third kappa shape index (κ3) is 4.11. The molecule has 32 heavy (non-hydrogen) atoms. The van der Waals surface area contributed by atoms with Crippen molar-refractivity contribution in [2.24, 2.45) is 0 Å². The molecular weight excluding hydrogens is 432 g/mol. The Hall–Kier alpha value is -3.59. The minimum Gasteiger partial charge on any atom is -0.478 e. The highest BCUT2D eigenvalue weighted by molar-refractivity contribution is 8.01. The molecule has 2 amide bonds. The van der Waals surface area contributed by atoms with Gasteiger partial charge in [-0.05, 0) is 11.1 Å². The van der Waals surface area contributed by atoms with Crippen LogP contribution in [-0.2, 0) is 23.9 Å². The van der Waals surface area contributed by atoms with E-state index in [0.717, 1.165) is 29.1 Å². The monoisotopic (exact) mass is 452 g/mol. The number of thioether (sulfide) groups is 1. The summed E-state index contributed by atoms with van der Waals surface area (Å²) < 4.78 is 5.84. The summed E-state index contributed by atoms with van der Waals surface area (Å²) in [5.74, 6) is -2.86. The van der Waals surface area contributed by atoms with Crippen molar-refractivity contribution in [1.82, 2.24) is 10.2 Å². The van der Waals surface area contributed by atoms with Crippen molar-refractivity contribution in [3.63, 3.8) is 0 Å². The van der Waals surface area contributed by atoms with Gasteiger partial charge in [-0.25, -0.2) is 4.79 Å². The zero-order chi connectivity index (χ0) is 22.8. The fourth-order valence-corrected chi connectivity index (χ4v) is 5.05. The molecule has 1 saturated heterocycles. The molecule has 2 unspecified atom stereocenters. The predicted octanol–water partition coefficient (Wildman–Crippen LogP) is 2.08. The topological polar surface area (TPSA) is 113 Å². The Labute approximate surface area is 188 Å². The molecule has 2 aromatic rings. The third-order valence-electron chi connectivity index (χ3n) is 5.17. The van der Waals surface area contributed by atoms with Crippen molar-refractivity contribution in [2.75, 3.05) is 0 Å². The Bertz CT molecular complexity index is 1050. The second-order valence-electron chi connectivity index (χ2n) is 7.36. The van der Waals surface area contributed by atoms with Crippen molar-refractivity contribution < 1.29 is 29.0 Å². The highest BCUT2D eigenvalue weighted by Gasteiger charge is 2.54. The third-order valence-corrected chi connectivity index (χ3v) is 6.67. The van der Waals surface area contributed by atoms with Gasteiger partial charge >= 0.3 is 11.9 Å². The number of ether oxygens (including phenoxy) is 1. The van der Waals surface area contributed by atoms with Crippen LogP contribution in [0, 0.1) is 0 Å². The molecule has 2 aromatic carbocycles. The molecule has 2 aliphatic heterocycles. The molecular formula is C23H20N2O6S. The highest BCUT2D eigenvalue weighted by atomic mass is 32.2. The number of aliphatic carboxylic acids is 1. The first-order valence-electron chi connectivity index (χ1n) is 9.87. The molecule has 8 nitrogen and oxygen atoms in total. The maximum atomic E-state index is 13.2. The largest absolute Gasteiger partial charge is 0.478 e. The van der Waals surface area contributed by atoms with E-state index in [1.54, 1.807) is 0 Å². The van der Waals surface area contributed by atoms with Gasteiger partial charge in [0.15, 0.2) is 6.10 Å². The molecule has 4 rings (SSSR count). The number of amides is 2. The Kier molecular flexibility index (Phi) is 6.00. The quantitative estimate of drug-likeness (QED) is 0.510. The van der Waals surface area contributed by atoms with Crippen LogP contribution in [0.3, 0.4) is 0 Å². The summed E-state index contributed by atoms with van der Waals surface area (Å²) in [4.78, 5) is 50.0. The van der Waals surface area contributed by atoms with Gasteiger partial charge < -0.3 is 20.1 Å². The van der Waals surface area contributed by atoms with Crippen LogP contribution in [-0.4, -0.2) is 50.4 Å². The lowest BCUT2D eigenvalue weighted by Gasteiger charge is -2.48. The number of fused-ring (bicyclic) bond motifs is 1. The first kappa shape index (κ1) is 21.6. The molecule has 9 heteroatoms. The van der Waals surface area contributed by atoms with E-state index in [4.69, 9.17) is 4.74 Å². The summed E-state index contributed by atoms with van der Waals surface area (Å²) in [6.45, 7) is 1.29. The van der Waals surface area contributed by atoms with Crippen molar-refractivity contribution in [3.8, 4) is 0 Å². The van der Waals surface area contributed by atoms with E-state index in [2.05, 4.69) is 5.32 Å². The Morgan fingerprint density at radius 2 is 1.59 bits per heavy atom. The van der Waals surface area contributed by atoms with Crippen LogP contribution < -0.4 is 5.32 Å². The highest BCUT2D eigenvalue weighted by Crippen LogP contribution is 2.42. The maximum absolute atomic E-state index is 13.2. The molecule has 1 fully saturated rings. The van der Waals surface area contributed by atoms with Crippen LogP contribution in [0.4, 0.5) is 0 Å². The second kappa shape index (κ2) is 8.88. The number of hydrogen-bond donors (Lipinski definition) is 2. The van der Waals surface area contributed by atoms with Gasteiger partial charge in [-0.1, -0.05) is 60.7 Å². The second-order valence-corrected chi connectivity index (χ2v) is 8.58. The van der Waals surface area contributed by atoms with Crippen LogP contribution in [0.1, 0.15) is 24.2 Å². The smallest absolute Gasteiger partial charge is 0.334 e. The van der Waals surface area contributed by atoms with E-state index in [1.165, 1.54) is 11.8 Å². The molecule has 2 aliphatic rings. The molecule has 3 atom stereocenters. The Morgan fingerprint density at radius 1 is 1.03 bits per heavy atom. The lowest BCUT2D eigenvalue weighted by molar-refractivity contribution is -0.149. The molecule has 2 heterocycles. The van der Waals surface area contributed by atoms with Crippen LogP contribution >= 0.6 is 11.8 Å². The minimum absolute atomic E-state index is 0.245. The number of hydrogen-bond acceptors (Lipinski definition) is 6. The van der Waals surface area contributed by atoms with E-state index in [9.17, 15) is 24.3 Å². The number of esters is 1. The average molecular weight is 452 g/mol. The summed E-state index contributed by atoms with van der Waals surface area (Å²) in [6.07, 6.45) is 0.434. The number of carbonyl (C=O) groups excluding carboxylic acids is 3. The van der Waals surface area contributed by atoms with Crippen molar-refractivity contribution in [1.29, 1.82) is 0 Å². The number of benzene rings is 2. The van der Waals surface area contributed by atoms with Crippen LogP contribution in [0.25, 0.3) is 0 Å². The number of rotatable bonds is 6. The van der Waals surface area contributed by atoms with Gasteiger partial charge in [0.25, 0.3) is 5.91 Å². The van der Waals surface area contributed by atoms with E-state index < -0.39 is 40.6 Å². The van der Waals surface area contributed by atoms with Crippen molar-refractivity contribution >= 4 is 35.5 Å². The summed E-state index contributed by atoms with van der Waals surface area (Å²) >= 11 is 0.979. The van der Waals surface area contributed by atoms with Crippen LogP contribution in [0.2, 0.25) is 0 Å². The normalized spacial score (nSPS) is 21.8. The molecule has 0 saturated carbocycles. The first-order valence-corrected chi connectivity index (χ1v) is 10.8. The summed E-state index contributed by atoms with van der Waals surface area (Å²) in [5.41, 5.74) is 1.24. The number of carbonyl (C=O) groups is 4. The predicted molar refractivity (Wildman–Crippen MR) is 116 cm³/mol. The Balaban J connectivity index is 1.62. The van der Waals surface area contributed by atoms with Crippen molar-refractivity contribution in [2.45, 2.75) is 29.7 Å². The summed E-state index contributed by atoms with van der Waals surface area (Å²) in [7, 11) is 0. The SMILES string of the molecule is CC(=O)NC1C(=O)N2C=C(C(=O)O)C(C(=O)OC(c3ccccc3)c3ccccc3)S[C@H]12. The number of carboxylic acids is 1. The van der Waals surface area contributed by atoms with Gasteiger partial charge in [0, 0.05) is 13.1 Å². The van der Waals surface area contributed by atoms with Crippen molar-refractivity contribution in [3.05, 3.63) is 83.6 Å². The molecule has 0 bridgehead atoms. The van der Waals surface area contributed by atoms with E-state index in [-0.39, 0.29) is 11.5 Å². The first-order chi connectivity index (χ1) is 15.4.